The molecule has 0 saturated heterocycles. The average Bonchev–Trinajstić information content (AvgIpc) is 3.50. The summed E-state index contributed by atoms with van der Waals surface area (Å²) in [7, 11) is 0. The molecule has 7 nitrogen and oxygen atoms in total. The first-order valence-electron chi connectivity index (χ1n) is 12.9. The van der Waals surface area contributed by atoms with Gasteiger partial charge < -0.3 is 0 Å². The molecule has 194 valence electrons. The molecular formula is C33H25N5O2. The van der Waals surface area contributed by atoms with E-state index < -0.39 is 10.5 Å². The highest BCUT2D eigenvalue weighted by atomic mass is 16.6. The molecule has 6 rings (SSSR count). The number of nitrogens with zero attached hydrogens (tertiary/aromatic N) is 5. The summed E-state index contributed by atoms with van der Waals surface area (Å²) in [5.74, 6) is 0.298. The smallest absolute Gasteiger partial charge is 0.258 e. The van der Waals surface area contributed by atoms with Gasteiger partial charge in [0.05, 0.1) is 4.92 Å². The number of aromatic nitrogens is 4. The van der Waals surface area contributed by atoms with Crippen LogP contribution in [0.2, 0.25) is 0 Å². The van der Waals surface area contributed by atoms with Gasteiger partial charge >= 0.3 is 0 Å². The minimum Gasteiger partial charge on any atom is -0.258 e. The van der Waals surface area contributed by atoms with E-state index in [1.807, 2.05) is 122 Å². The molecule has 1 aromatic heterocycles. The molecule has 0 unspecified atom stereocenters. The Labute approximate surface area is 231 Å². The van der Waals surface area contributed by atoms with Crippen LogP contribution in [0.5, 0.6) is 0 Å². The van der Waals surface area contributed by atoms with Crippen LogP contribution in [0.4, 0.5) is 5.69 Å². The fraction of sp³-hybridized carbons (Fsp3) is 0.0606. The Balaban J connectivity index is 1.62. The normalized spacial score (nSPS) is 11.3. The quantitative estimate of drug-likeness (QED) is 0.127. The van der Waals surface area contributed by atoms with E-state index in [0.717, 1.165) is 33.4 Å². The van der Waals surface area contributed by atoms with Crippen molar-refractivity contribution >= 4 is 5.69 Å². The minimum absolute atomic E-state index is 0.0392. The predicted molar refractivity (Wildman–Crippen MR) is 155 cm³/mol. The molecule has 0 bridgehead atoms. The Morgan fingerprint density at radius 2 is 1.20 bits per heavy atom. The van der Waals surface area contributed by atoms with E-state index in [1.165, 1.54) is 12.1 Å². The fourth-order valence-corrected chi connectivity index (χ4v) is 5.16. The molecule has 0 fully saturated rings. The summed E-state index contributed by atoms with van der Waals surface area (Å²) in [6, 6.07) is 42.9. The van der Waals surface area contributed by atoms with E-state index in [2.05, 4.69) is 10.3 Å². The molecule has 7 heteroatoms. The molecule has 0 saturated carbocycles. The second-order valence-corrected chi connectivity index (χ2v) is 9.56. The average molecular weight is 524 g/mol. The van der Waals surface area contributed by atoms with Gasteiger partial charge in [0.25, 0.3) is 5.69 Å². The van der Waals surface area contributed by atoms with Crippen molar-refractivity contribution in [1.82, 2.24) is 20.2 Å². The van der Waals surface area contributed by atoms with Gasteiger partial charge in [-0.15, -0.1) is 15.0 Å². The van der Waals surface area contributed by atoms with Crippen LogP contribution in [0.1, 0.15) is 22.3 Å². The third-order valence-electron chi connectivity index (χ3n) is 7.11. The number of hydrogen-bond donors (Lipinski definition) is 0. The zero-order valence-corrected chi connectivity index (χ0v) is 21.8. The highest BCUT2D eigenvalue weighted by molar-refractivity contribution is 5.82. The Morgan fingerprint density at radius 1 is 0.675 bits per heavy atom. The van der Waals surface area contributed by atoms with Crippen LogP contribution in [0.25, 0.3) is 22.5 Å². The molecule has 0 amide bonds. The van der Waals surface area contributed by atoms with E-state index in [1.54, 1.807) is 10.9 Å². The maximum Gasteiger partial charge on any atom is 0.270 e. The number of rotatable bonds is 7. The lowest BCUT2D eigenvalue weighted by atomic mass is 9.77. The molecule has 0 aliphatic heterocycles. The molecular weight excluding hydrogens is 498 g/mol. The maximum atomic E-state index is 11.7. The predicted octanol–water partition coefficient (Wildman–Crippen LogP) is 7.06. The van der Waals surface area contributed by atoms with Crippen LogP contribution in [-0.2, 0) is 5.54 Å². The van der Waals surface area contributed by atoms with Gasteiger partial charge in [-0.2, -0.15) is 0 Å². The standard InChI is InChI=1S/C33H25N5O2/c1-24-17-19-25(20-18-24)30-22-21-29(37(39)40)23-31(30)32-34-36-38(35-32)33(26-11-5-2-6-12-26,27-13-7-3-8-14-27)28-15-9-4-10-16-28/h2-23H,1H3. The van der Waals surface area contributed by atoms with E-state index >= 15 is 0 Å². The summed E-state index contributed by atoms with van der Waals surface area (Å²) >= 11 is 0. The molecule has 0 spiro atoms. The topological polar surface area (TPSA) is 86.7 Å². The van der Waals surface area contributed by atoms with Crippen molar-refractivity contribution in [3.8, 4) is 22.5 Å². The van der Waals surface area contributed by atoms with Gasteiger partial charge in [-0.1, -0.05) is 121 Å². The summed E-state index contributed by atoms with van der Waals surface area (Å²) in [6.45, 7) is 2.02. The van der Waals surface area contributed by atoms with Gasteiger partial charge in [0.15, 0.2) is 5.54 Å². The summed E-state index contributed by atoms with van der Waals surface area (Å²) in [6.07, 6.45) is 0. The fourth-order valence-electron chi connectivity index (χ4n) is 5.16. The van der Waals surface area contributed by atoms with Gasteiger partial charge in [-0.25, -0.2) is 0 Å². The highest BCUT2D eigenvalue weighted by Gasteiger charge is 2.41. The third-order valence-corrected chi connectivity index (χ3v) is 7.11. The van der Waals surface area contributed by atoms with E-state index in [4.69, 9.17) is 5.10 Å². The van der Waals surface area contributed by atoms with Crippen LogP contribution in [0, 0.1) is 17.0 Å². The van der Waals surface area contributed by atoms with Crippen molar-refractivity contribution in [2.45, 2.75) is 12.5 Å². The number of hydrogen-bond acceptors (Lipinski definition) is 5. The summed E-state index contributed by atoms with van der Waals surface area (Å²) in [4.78, 5) is 13.0. The minimum atomic E-state index is -0.945. The van der Waals surface area contributed by atoms with E-state index in [0.29, 0.717) is 11.4 Å². The Morgan fingerprint density at radius 3 is 1.70 bits per heavy atom. The molecule has 0 radical (unpaired) electrons. The molecule has 0 aliphatic rings. The summed E-state index contributed by atoms with van der Waals surface area (Å²) in [5, 5.41) is 25.8. The second kappa shape index (κ2) is 10.4. The first kappa shape index (κ1) is 24.9. The lowest BCUT2D eigenvalue weighted by molar-refractivity contribution is -0.384. The first-order chi connectivity index (χ1) is 19.6. The molecule has 40 heavy (non-hydrogen) atoms. The van der Waals surface area contributed by atoms with Crippen LogP contribution in [0.3, 0.4) is 0 Å². The SMILES string of the molecule is Cc1ccc(-c2ccc([N+](=O)[O-])cc2-c2nnn(C(c3ccccc3)(c3ccccc3)c3ccccc3)n2)cc1. The largest absolute Gasteiger partial charge is 0.270 e. The zero-order valence-electron chi connectivity index (χ0n) is 21.8. The van der Waals surface area contributed by atoms with Crippen molar-refractivity contribution in [2.24, 2.45) is 0 Å². The second-order valence-electron chi connectivity index (χ2n) is 9.56. The Hall–Kier alpha value is -5.43. The van der Waals surface area contributed by atoms with Crippen molar-refractivity contribution in [3.63, 3.8) is 0 Å². The van der Waals surface area contributed by atoms with Gasteiger partial charge in [0.2, 0.25) is 5.82 Å². The molecule has 1 heterocycles. The van der Waals surface area contributed by atoms with Crippen LogP contribution >= 0.6 is 0 Å². The Kier molecular flexibility index (Phi) is 6.46. The maximum absolute atomic E-state index is 11.7. The molecule has 0 aliphatic carbocycles. The van der Waals surface area contributed by atoms with Crippen molar-refractivity contribution < 1.29 is 4.92 Å². The number of nitro groups is 1. The lowest BCUT2D eigenvalue weighted by Gasteiger charge is -2.34. The number of aryl methyl sites for hydroxylation is 1. The number of tetrazole rings is 1. The number of non-ortho nitro benzene ring substituents is 1. The first-order valence-corrected chi connectivity index (χ1v) is 12.9. The van der Waals surface area contributed by atoms with Crippen LogP contribution in [-0.4, -0.2) is 25.1 Å². The van der Waals surface area contributed by atoms with Crippen LogP contribution in [0.15, 0.2) is 133 Å². The number of benzene rings is 5. The monoisotopic (exact) mass is 523 g/mol. The summed E-state index contributed by atoms with van der Waals surface area (Å²) < 4.78 is 0. The third kappa shape index (κ3) is 4.33. The van der Waals surface area contributed by atoms with E-state index in [9.17, 15) is 10.1 Å². The lowest BCUT2D eigenvalue weighted by Crippen LogP contribution is -2.39. The van der Waals surface area contributed by atoms with Crippen molar-refractivity contribution in [3.05, 3.63) is 166 Å². The Bertz CT molecular complexity index is 1670. The molecule has 0 N–H and O–H groups in total. The summed E-state index contributed by atoms with van der Waals surface area (Å²) in [5.41, 5.74) is 5.23. The number of nitro benzene ring substituents is 1. The molecule has 5 aromatic carbocycles. The molecule has 6 aromatic rings. The van der Waals surface area contributed by atoms with Gasteiger partial charge in [-0.3, -0.25) is 10.1 Å². The van der Waals surface area contributed by atoms with Gasteiger partial charge in [-0.05, 0) is 46.0 Å². The van der Waals surface area contributed by atoms with Crippen molar-refractivity contribution in [2.75, 3.05) is 0 Å². The highest BCUT2D eigenvalue weighted by Crippen LogP contribution is 2.40. The zero-order chi connectivity index (χ0) is 27.5. The van der Waals surface area contributed by atoms with Gasteiger partial charge in [0, 0.05) is 17.7 Å². The van der Waals surface area contributed by atoms with Gasteiger partial charge in [0.1, 0.15) is 0 Å². The molecule has 0 atom stereocenters. The van der Waals surface area contributed by atoms with E-state index in [-0.39, 0.29) is 5.69 Å². The van der Waals surface area contributed by atoms with Crippen molar-refractivity contribution in [1.29, 1.82) is 0 Å². The van der Waals surface area contributed by atoms with Crippen LogP contribution < -0.4 is 0 Å².